The highest BCUT2D eigenvalue weighted by Crippen LogP contribution is 2.30. The van der Waals surface area contributed by atoms with Crippen LogP contribution in [0.1, 0.15) is 24.0 Å². The van der Waals surface area contributed by atoms with E-state index in [0.717, 1.165) is 34.9 Å². The van der Waals surface area contributed by atoms with Gasteiger partial charge in [-0.1, -0.05) is 23.7 Å². The minimum Gasteiger partial charge on any atom is -0.343 e. The molecule has 0 radical (unpaired) electrons. The van der Waals surface area contributed by atoms with Gasteiger partial charge in [0.05, 0.1) is 11.2 Å². The second-order valence-corrected chi connectivity index (χ2v) is 8.95. The highest BCUT2D eigenvalue weighted by molar-refractivity contribution is 6.31. The van der Waals surface area contributed by atoms with Gasteiger partial charge in [-0.3, -0.25) is 4.79 Å². The van der Waals surface area contributed by atoms with E-state index in [0.29, 0.717) is 28.8 Å². The number of pyridine rings is 1. The second-order valence-electron chi connectivity index (χ2n) is 8.54. The van der Waals surface area contributed by atoms with Crippen LogP contribution in [0.5, 0.6) is 0 Å². The third-order valence-corrected chi connectivity index (χ3v) is 6.28. The number of hydrogen-bond acceptors (Lipinski definition) is 3. The number of carbonyl (C=O) groups excluding carboxylic acids is 2. The Morgan fingerprint density at radius 1 is 1.06 bits per heavy atom. The molecule has 4 aromatic rings. The summed E-state index contributed by atoms with van der Waals surface area (Å²) in [5.41, 5.74) is 4.28. The van der Waals surface area contributed by atoms with Gasteiger partial charge in [0.25, 0.3) is 0 Å². The van der Waals surface area contributed by atoms with E-state index in [9.17, 15) is 9.59 Å². The van der Waals surface area contributed by atoms with Gasteiger partial charge in [0, 0.05) is 41.0 Å². The molecule has 0 bridgehead atoms. The van der Waals surface area contributed by atoms with E-state index in [1.165, 1.54) is 0 Å². The van der Waals surface area contributed by atoms with Gasteiger partial charge in [-0.05, 0) is 73.4 Å². The maximum absolute atomic E-state index is 12.6. The van der Waals surface area contributed by atoms with Crippen LogP contribution in [0.2, 0.25) is 5.02 Å². The molecule has 0 unspecified atom stereocenters. The van der Waals surface area contributed by atoms with E-state index >= 15 is 0 Å². The largest absolute Gasteiger partial charge is 0.343 e. The Morgan fingerprint density at radius 3 is 2.71 bits per heavy atom. The molecular formula is C26H24ClN5O2. The lowest BCUT2D eigenvalue weighted by Gasteiger charge is -2.11. The number of nitrogens with zero attached hydrogens (tertiary/aromatic N) is 2. The van der Waals surface area contributed by atoms with Crippen LogP contribution in [0.3, 0.4) is 0 Å². The second kappa shape index (κ2) is 9.19. The van der Waals surface area contributed by atoms with Crippen molar-refractivity contribution in [3.05, 3.63) is 83.1 Å². The first kappa shape index (κ1) is 22.0. The minimum absolute atomic E-state index is 0.0398. The average Bonchev–Trinajstić information content (AvgIpc) is 3.59. The molecule has 1 aliphatic carbocycles. The van der Waals surface area contributed by atoms with Crippen LogP contribution in [0.4, 0.5) is 22.0 Å². The van der Waals surface area contributed by atoms with Crippen LogP contribution in [0.15, 0.2) is 67.0 Å². The zero-order valence-electron chi connectivity index (χ0n) is 18.6. The van der Waals surface area contributed by atoms with Crippen molar-refractivity contribution in [2.45, 2.75) is 26.3 Å². The molecule has 5 rings (SSSR count). The Morgan fingerprint density at radius 2 is 1.91 bits per heavy atom. The zero-order chi connectivity index (χ0) is 23.7. The zero-order valence-corrected chi connectivity index (χ0v) is 19.4. The SMILES string of the molecule is Cc1ccc(NC(=O)Nc2cccc3c2ccn3Cc2ccnc(NC(=O)C3CC3)c2)cc1Cl. The van der Waals surface area contributed by atoms with Crippen molar-refractivity contribution >= 4 is 51.6 Å². The molecule has 1 saturated carbocycles. The quantitative estimate of drug-likeness (QED) is 0.319. The summed E-state index contributed by atoms with van der Waals surface area (Å²) in [6, 6.07) is 16.6. The van der Waals surface area contributed by atoms with Gasteiger partial charge in [-0.25, -0.2) is 9.78 Å². The summed E-state index contributed by atoms with van der Waals surface area (Å²) >= 11 is 6.16. The Balaban J connectivity index is 1.31. The maximum Gasteiger partial charge on any atom is 0.323 e. The van der Waals surface area contributed by atoms with Crippen LogP contribution < -0.4 is 16.0 Å². The first-order valence-corrected chi connectivity index (χ1v) is 11.5. The average molecular weight is 474 g/mol. The number of hydrogen-bond donors (Lipinski definition) is 3. The number of rotatable bonds is 6. The molecule has 0 spiro atoms. The summed E-state index contributed by atoms with van der Waals surface area (Å²) < 4.78 is 2.10. The summed E-state index contributed by atoms with van der Waals surface area (Å²) in [5.74, 6) is 0.740. The van der Waals surface area contributed by atoms with Gasteiger partial charge in [0.15, 0.2) is 0 Å². The lowest BCUT2D eigenvalue weighted by atomic mass is 10.2. The van der Waals surface area contributed by atoms with Crippen molar-refractivity contribution in [3.63, 3.8) is 0 Å². The Bertz CT molecular complexity index is 1390. The number of carbonyl (C=O) groups is 2. The number of benzene rings is 2. The van der Waals surface area contributed by atoms with Crippen molar-refractivity contribution in [2.24, 2.45) is 5.92 Å². The molecule has 0 atom stereocenters. The predicted octanol–water partition coefficient (Wildman–Crippen LogP) is 6.04. The molecule has 1 fully saturated rings. The molecule has 0 aliphatic heterocycles. The number of fused-ring (bicyclic) bond motifs is 1. The molecule has 2 aromatic heterocycles. The van der Waals surface area contributed by atoms with Crippen molar-refractivity contribution in [1.29, 1.82) is 0 Å². The fraction of sp³-hybridized carbons (Fsp3) is 0.192. The summed E-state index contributed by atoms with van der Waals surface area (Å²) in [5, 5.41) is 10.2. The molecule has 1 aliphatic rings. The highest BCUT2D eigenvalue weighted by Gasteiger charge is 2.29. The number of amides is 3. The fourth-order valence-electron chi connectivity index (χ4n) is 3.84. The third-order valence-electron chi connectivity index (χ3n) is 5.87. The van der Waals surface area contributed by atoms with Crippen LogP contribution in [-0.4, -0.2) is 21.5 Å². The first-order chi connectivity index (χ1) is 16.5. The van der Waals surface area contributed by atoms with E-state index < -0.39 is 0 Å². The van der Waals surface area contributed by atoms with E-state index in [4.69, 9.17) is 11.6 Å². The van der Waals surface area contributed by atoms with E-state index in [1.807, 2.05) is 61.7 Å². The predicted molar refractivity (Wildman–Crippen MR) is 135 cm³/mol. The number of halogens is 1. The van der Waals surface area contributed by atoms with Crippen LogP contribution in [-0.2, 0) is 11.3 Å². The van der Waals surface area contributed by atoms with Gasteiger partial charge in [-0.15, -0.1) is 0 Å². The van der Waals surface area contributed by atoms with Crippen molar-refractivity contribution in [2.75, 3.05) is 16.0 Å². The van der Waals surface area contributed by atoms with Gasteiger partial charge >= 0.3 is 6.03 Å². The summed E-state index contributed by atoms with van der Waals surface area (Å²) in [4.78, 5) is 28.9. The molecule has 8 heteroatoms. The van der Waals surface area contributed by atoms with Crippen LogP contribution >= 0.6 is 11.6 Å². The third kappa shape index (κ3) is 4.89. The van der Waals surface area contributed by atoms with Gasteiger partial charge in [0.1, 0.15) is 5.82 Å². The summed E-state index contributed by atoms with van der Waals surface area (Å²) in [7, 11) is 0. The molecular weight excluding hydrogens is 450 g/mol. The smallest absolute Gasteiger partial charge is 0.323 e. The highest BCUT2D eigenvalue weighted by atomic mass is 35.5. The van der Waals surface area contributed by atoms with Crippen LogP contribution in [0.25, 0.3) is 10.9 Å². The summed E-state index contributed by atoms with van der Waals surface area (Å²) in [6.45, 7) is 2.52. The number of anilines is 3. The first-order valence-electron chi connectivity index (χ1n) is 11.1. The van der Waals surface area contributed by atoms with E-state index in [2.05, 4.69) is 25.5 Å². The number of aryl methyl sites for hydroxylation is 1. The Labute approximate surface area is 202 Å². The molecule has 34 heavy (non-hydrogen) atoms. The monoisotopic (exact) mass is 473 g/mol. The molecule has 172 valence electrons. The van der Waals surface area contributed by atoms with Gasteiger partial charge < -0.3 is 20.5 Å². The number of aromatic nitrogens is 2. The maximum atomic E-state index is 12.6. The summed E-state index contributed by atoms with van der Waals surface area (Å²) in [6.07, 6.45) is 5.59. The van der Waals surface area contributed by atoms with Gasteiger partial charge in [-0.2, -0.15) is 0 Å². The van der Waals surface area contributed by atoms with E-state index in [-0.39, 0.29) is 17.9 Å². The lowest BCUT2D eigenvalue weighted by Crippen LogP contribution is -2.19. The van der Waals surface area contributed by atoms with E-state index in [1.54, 1.807) is 12.3 Å². The molecule has 0 saturated heterocycles. The standard InChI is InChI=1S/C26H24ClN5O2/c1-16-5-8-19(14-21(16)27)29-26(34)30-22-3-2-4-23-20(22)10-12-32(23)15-17-9-11-28-24(13-17)31-25(33)18-6-7-18/h2-5,8-14,18H,6-7,15H2,1H3,(H,28,31,33)(H2,29,30,34). The molecule has 3 N–H and O–H groups in total. The van der Waals surface area contributed by atoms with Crippen molar-refractivity contribution in [3.8, 4) is 0 Å². The Hall–Kier alpha value is -3.84. The minimum atomic E-state index is -0.342. The normalized spacial score (nSPS) is 13.0. The Kier molecular flexibility index (Phi) is 5.94. The fourth-order valence-corrected chi connectivity index (χ4v) is 4.02. The molecule has 3 amide bonds. The topological polar surface area (TPSA) is 88.1 Å². The molecule has 2 aromatic carbocycles. The van der Waals surface area contributed by atoms with Gasteiger partial charge in [0.2, 0.25) is 5.91 Å². The van der Waals surface area contributed by atoms with Crippen molar-refractivity contribution < 1.29 is 9.59 Å². The molecule has 2 heterocycles. The number of urea groups is 1. The van der Waals surface area contributed by atoms with Crippen LogP contribution in [0, 0.1) is 12.8 Å². The lowest BCUT2D eigenvalue weighted by molar-refractivity contribution is -0.117. The van der Waals surface area contributed by atoms with Crippen molar-refractivity contribution in [1.82, 2.24) is 9.55 Å². The molecule has 7 nitrogen and oxygen atoms in total. The number of nitrogens with one attached hydrogen (secondary N) is 3.